The number of ketones is 1. The molecule has 2 aromatic rings. The smallest absolute Gasteiger partial charge is 0.240 e. The molecular weight excluding hydrogens is 470 g/mol. The Kier molecular flexibility index (Phi) is 9.21. The fourth-order valence-corrected chi connectivity index (χ4v) is 5.98. The van der Waals surface area contributed by atoms with Crippen LogP contribution in [-0.2, 0) is 22.4 Å². The number of rotatable bonds is 10. The molecule has 0 bridgehead atoms. The minimum Gasteiger partial charge on any atom is -0.331 e. The molecule has 1 unspecified atom stereocenters. The second-order valence-corrected chi connectivity index (χ2v) is 11.4. The number of amides is 1. The molecular formula is C30H40ClN3O2. The molecule has 2 heterocycles. The Hall–Kier alpha value is -2.21. The van der Waals surface area contributed by atoms with Gasteiger partial charge in [-0.05, 0) is 67.7 Å². The third-order valence-electron chi connectivity index (χ3n) is 7.74. The molecule has 6 heteroatoms. The van der Waals surface area contributed by atoms with Gasteiger partial charge in [0.1, 0.15) is 0 Å². The maximum atomic E-state index is 13.9. The van der Waals surface area contributed by atoms with Gasteiger partial charge in [0.05, 0.1) is 12.1 Å². The summed E-state index contributed by atoms with van der Waals surface area (Å²) in [5.74, 6) is 0.570. The largest absolute Gasteiger partial charge is 0.331 e. The molecule has 2 aliphatic heterocycles. The summed E-state index contributed by atoms with van der Waals surface area (Å²) in [7, 11) is 0. The lowest BCUT2D eigenvalue weighted by Crippen LogP contribution is -2.51. The number of carbonyl (C=O) groups is 2. The molecule has 2 N–H and O–H groups in total. The zero-order chi connectivity index (χ0) is 25.7. The van der Waals surface area contributed by atoms with E-state index in [4.69, 9.17) is 17.3 Å². The highest BCUT2D eigenvalue weighted by molar-refractivity contribution is 6.30. The zero-order valence-electron chi connectivity index (χ0n) is 21.6. The van der Waals surface area contributed by atoms with Crippen LogP contribution < -0.4 is 5.73 Å². The van der Waals surface area contributed by atoms with Gasteiger partial charge in [0.2, 0.25) is 5.91 Å². The van der Waals surface area contributed by atoms with Gasteiger partial charge in [0, 0.05) is 36.6 Å². The van der Waals surface area contributed by atoms with E-state index >= 15 is 0 Å². The lowest BCUT2D eigenvalue weighted by molar-refractivity contribution is -0.142. The number of hydrogen-bond acceptors (Lipinski definition) is 4. The fraction of sp³-hybridized carbons (Fsp3) is 0.533. The summed E-state index contributed by atoms with van der Waals surface area (Å²) in [5, 5.41) is 0.694. The molecule has 0 aliphatic carbocycles. The van der Waals surface area contributed by atoms with E-state index in [1.54, 1.807) is 0 Å². The van der Waals surface area contributed by atoms with E-state index in [9.17, 15) is 9.59 Å². The van der Waals surface area contributed by atoms with Gasteiger partial charge < -0.3 is 10.6 Å². The van der Waals surface area contributed by atoms with Crippen molar-refractivity contribution in [2.75, 3.05) is 13.1 Å². The first-order chi connectivity index (χ1) is 17.3. The molecule has 0 spiro atoms. The predicted molar refractivity (Wildman–Crippen MR) is 146 cm³/mol. The van der Waals surface area contributed by atoms with Crippen LogP contribution in [0.1, 0.15) is 57.1 Å². The summed E-state index contributed by atoms with van der Waals surface area (Å²) in [4.78, 5) is 31.7. The summed E-state index contributed by atoms with van der Waals surface area (Å²) in [6.45, 7) is 5.64. The quantitative estimate of drug-likeness (QED) is 0.495. The lowest BCUT2D eigenvalue weighted by Gasteiger charge is -2.33. The maximum Gasteiger partial charge on any atom is 0.240 e. The highest BCUT2D eigenvalue weighted by atomic mass is 35.5. The second-order valence-electron chi connectivity index (χ2n) is 10.9. The van der Waals surface area contributed by atoms with Crippen molar-refractivity contribution < 1.29 is 9.59 Å². The maximum absolute atomic E-state index is 13.9. The normalized spacial score (nSPS) is 23.5. The van der Waals surface area contributed by atoms with Crippen molar-refractivity contribution in [1.29, 1.82) is 0 Å². The number of Topliss-reactive ketones (excluding diaryl/α,β-unsaturated/α-hetero) is 1. The van der Waals surface area contributed by atoms with E-state index in [0.29, 0.717) is 49.2 Å². The number of nitrogens with zero attached hydrogens (tertiary/aromatic N) is 2. The molecule has 2 aliphatic rings. The molecule has 36 heavy (non-hydrogen) atoms. The third-order valence-corrected chi connectivity index (χ3v) is 7.99. The minimum absolute atomic E-state index is 0.00211. The first-order valence-corrected chi connectivity index (χ1v) is 13.8. The number of nitrogens with two attached hydrogens (primary N) is 1. The SMILES string of the molecule is CC(C)C[C@H](C(=O)CCc1ccc(Cl)cc1)N1CCC(CCc2ccccc2)N2C[C@H](N)C[C@H]2C1=O. The van der Waals surface area contributed by atoms with Crippen LogP contribution in [-0.4, -0.2) is 58.7 Å². The first-order valence-electron chi connectivity index (χ1n) is 13.4. The van der Waals surface area contributed by atoms with Gasteiger partial charge in [-0.1, -0.05) is 67.9 Å². The summed E-state index contributed by atoms with van der Waals surface area (Å²) in [6, 6.07) is 17.9. The van der Waals surface area contributed by atoms with E-state index in [-0.39, 0.29) is 29.8 Å². The molecule has 194 valence electrons. The van der Waals surface area contributed by atoms with Crippen molar-refractivity contribution in [3.63, 3.8) is 0 Å². The van der Waals surface area contributed by atoms with Crippen molar-refractivity contribution in [3.8, 4) is 0 Å². The monoisotopic (exact) mass is 509 g/mol. The minimum atomic E-state index is -0.378. The van der Waals surface area contributed by atoms with E-state index in [0.717, 1.165) is 31.4 Å². The Labute approximate surface area is 221 Å². The number of carbonyl (C=O) groups excluding carboxylic acids is 2. The van der Waals surface area contributed by atoms with E-state index in [1.807, 2.05) is 35.2 Å². The third kappa shape index (κ3) is 6.76. The van der Waals surface area contributed by atoms with Crippen LogP contribution in [0, 0.1) is 5.92 Å². The van der Waals surface area contributed by atoms with Crippen molar-refractivity contribution in [3.05, 3.63) is 70.7 Å². The summed E-state index contributed by atoms with van der Waals surface area (Å²) < 4.78 is 0. The lowest BCUT2D eigenvalue weighted by atomic mass is 9.94. The Balaban J connectivity index is 1.49. The zero-order valence-corrected chi connectivity index (χ0v) is 22.4. The van der Waals surface area contributed by atoms with Crippen molar-refractivity contribution >= 4 is 23.3 Å². The van der Waals surface area contributed by atoms with Gasteiger partial charge in [-0.25, -0.2) is 0 Å². The molecule has 4 atom stereocenters. The molecule has 5 nitrogen and oxygen atoms in total. The molecule has 4 rings (SSSR count). The van der Waals surface area contributed by atoms with E-state index in [1.165, 1.54) is 5.56 Å². The van der Waals surface area contributed by atoms with Crippen LogP contribution in [0.5, 0.6) is 0 Å². The summed E-state index contributed by atoms with van der Waals surface area (Å²) in [5.41, 5.74) is 8.78. The van der Waals surface area contributed by atoms with E-state index in [2.05, 4.69) is 43.0 Å². The number of hydrogen-bond donors (Lipinski definition) is 1. The summed E-state index contributed by atoms with van der Waals surface area (Å²) in [6.07, 6.45) is 5.30. The van der Waals surface area contributed by atoms with Crippen LogP contribution in [0.15, 0.2) is 54.6 Å². The van der Waals surface area contributed by atoms with Crippen LogP contribution >= 0.6 is 11.6 Å². The topological polar surface area (TPSA) is 66.6 Å². The van der Waals surface area contributed by atoms with Crippen LogP contribution in [0.25, 0.3) is 0 Å². The Morgan fingerprint density at radius 3 is 2.44 bits per heavy atom. The van der Waals surface area contributed by atoms with Crippen LogP contribution in [0.3, 0.4) is 0 Å². The predicted octanol–water partition coefficient (Wildman–Crippen LogP) is 4.89. The molecule has 2 saturated heterocycles. The van der Waals surface area contributed by atoms with E-state index < -0.39 is 0 Å². The molecule has 1 amide bonds. The Bertz CT molecular complexity index is 1010. The highest BCUT2D eigenvalue weighted by Gasteiger charge is 2.45. The van der Waals surface area contributed by atoms with Gasteiger partial charge >= 0.3 is 0 Å². The number of fused-ring (bicyclic) bond motifs is 1. The number of aryl methyl sites for hydroxylation is 2. The Morgan fingerprint density at radius 1 is 1.06 bits per heavy atom. The number of benzene rings is 2. The van der Waals surface area contributed by atoms with Gasteiger partial charge in [-0.3, -0.25) is 14.5 Å². The molecule has 0 saturated carbocycles. The standard InChI is InChI=1S/C30H40ClN3O2/c1-21(2)18-27(29(35)15-11-23-8-12-24(31)13-9-23)33-17-16-26(14-10-22-6-4-3-5-7-22)34-20-25(32)19-28(34)30(33)36/h3-9,12-13,21,25-28H,10-11,14-20,32H2,1-2H3/t25-,26?,27-,28+/m1/s1. The van der Waals surface area contributed by atoms with Crippen LogP contribution in [0.2, 0.25) is 5.02 Å². The second kappa shape index (κ2) is 12.4. The molecule has 2 aromatic carbocycles. The Morgan fingerprint density at radius 2 is 1.75 bits per heavy atom. The molecule has 0 radical (unpaired) electrons. The van der Waals surface area contributed by atoms with Gasteiger partial charge in [0.25, 0.3) is 0 Å². The van der Waals surface area contributed by atoms with Crippen LogP contribution in [0.4, 0.5) is 0 Å². The fourth-order valence-electron chi connectivity index (χ4n) is 5.86. The summed E-state index contributed by atoms with van der Waals surface area (Å²) >= 11 is 6.01. The average Bonchev–Trinajstić information content (AvgIpc) is 3.21. The van der Waals surface area contributed by atoms with Gasteiger partial charge in [0.15, 0.2) is 5.78 Å². The van der Waals surface area contributed by atoms with Gasteiger partial charge in [-0.2, -0.15) is 0 Å². The van der Waals surface area contributed by atoms with Crippen molar-refractivity contribution in [1.82, 2.24) is 9.80 Å². The van der Waals surface area contributed by atoms with Crippen molar-refractivity contribution in [2.45, 2.75) is 83.0 Å². The van der Waals surface area contributed by atoms with Crippen molar-refractivity contribution in [2.24, 2.45) is 11.7 Å². The van der Waals surface area contributed by atoms with Gasteiger partial charge in [-0.15, -0.1) is 0 Å². The average molecular weight is 510 g/mol. The number of halogens is 1. The molecule has 0 aromatic heterocycles. The highest BCUT2D eigenvalue weighted by Crippen LogP contribution is 2.31. The molecule has 2 fully saturated rings. The first kappa shape index (κ1) is 26.8.